The van der Waals surface area contributed by atoms with Crippen LogP contribution in [0.5, 0.6) is 0 Å². The van der Waals surface area contributed by atoms with E-state index in [2.05, 4.69) is 0 Å². The zero-order valence-electron chi connectivity index (χ0n) is 10.3. The van der Waals surface area contributed by atoms with Crippen LogP contribution in [0, 0.1) is 11.6 Å². The van der Waals surface area contributed by atoms with Gasteiger partial charge in [0.1, 0.15) is 11.6 Å². The highest BCUT2D eigenvalue weighted by atomic mass is 32.1. The van der Waals surface area contributed by atoms with Crippen molar-refractivity contribution in [2.75, 3.05) is 13.2 Å². The molecule has 1 aliphatic heterocycles. The number of halogens is 2. The molecule has 0 atom stereocenters. The first-order chi connectivity index (χ1) is 9.07. The van der Waals surface area contributed by atoms with Crippen molar-refractivity contribution in [2.45, 2.75) is 12.7 Å². The van der Waals surface area contributed by atoms with Crippen LogP contribution in [0.1, 0.15) is 11.8 Å². The molecule has 0 bridgehead atoms. The molecule has 1 aromatic heterocycles. The zero-order chi connectivity index (χ0) is 13.5. The molecule has 1 fully saturated rings. The molecular formula is C14H12F2O2S. The summed E-state index contributed by atoms with van der Waals surface area (Å²) in [4.78, 5) is 1.68. The summed E-state index contributed by atoms with van der Waals surface area (Å²) in [6.45, 7) is 2.96. The van der Waals surface area contributed by atoms with E-state index in [1.165, 1.54) is 23.5 Å². The molecule has 0 radical (unpaired) electrons. The van der Waals surface area contributed by atoms with Crippen molar-refractivity contribution in [1.82, 2.24) is 0 Å². The van der Waals surface area contributed by atoms with Gasteiger partial charge in [-0.2, -0.15) is 0 Å². The van der Waals surface area contributed by atoms with Crippen molar-refractivity contribution in [3.63, 3.8) is 0 Å². The minimum Gasteiger partial charge on any atom is -0.343 e. The molecule has 0 N–H and O–H groups in total. The van der Waals surface area contributed by atoms with Crippen LogP contribution in [-0.2, 0) is 15.3 Å². The predicted octanol–water partition coefficient (Wildman–Crippen LogP) is 3.91. The first-order valence-corrected chi connectivity index (χ1v) is 6.73. The molecule has 19 heavy (non-hydrogen) atoms. The van der Waals surface area contributed by atoms with E-state index in [0.29, 0.717) is 18.8 Å². The number of hydrogen-bond acceptors (Lipinski definition) is 3. The van der Waals surface area contributed by atoms with E-state index >= 15 is 0 Å². The predicted molar refractivity (Wildman–Crippen MR) is 68.9 cm³/mol. The number of benzene rings is 1. The zero-order valence-corrected chi connectivity index (χ0v) is 11.1. The van der Waals surface area contributed by atoms with Crippen LogP contribution in [-0.4, -0.2) is 13.2 Å². The third-order valence-electron chi connectivity index (χ3n) is 3.04. The van der Waals surface area contributed by atoms with Gasteiger partial charge in [0.25, 0.3) is 0 Å². The Labute approximate surface area is 113 Å². The third kappa shape index (κ3) is 2.41. The quantitative estimate of drug-likeness (QED) is 0.831. The van der Waals surface area contributed by atoms with Crippen LogP contribution in [0.2, 0.25) is 0 Å². The fourth-order valence-electron chi connectivity index (χ4n) is 2.09. The standard InChI is InChI=1S/C14H12F2O2S/c1-14(17-4-5-18-14)13-3-2-12(19-13)9-6-10(15)8-11(16)7-9/h2-3,6-8H,4-5H2,1H3. The molecule has 100 valence electrons. The summed E-state index contributed by atoms with van der Waals surface area (Å²) in [5.41, 5.74) is 0.523. The fraction of sp³-hybridized carbons (Fsp3) is 0.286. The number of rotatable bonds is 2. The molecular weight excluding hydrogens is 270 g/mol. The smallest absolute Gasteiger partial charge is 0.201 e. The van der Waals surface area contributed by atoms with Crippen LogP contribution in [0.4, 0.5) is 8.78 Å². The summed E-state index contributed by atoms with van der Waals surface area (Å²) in [6.07, 6.45) is 0. The molecule has 3 rings (SSSR count). The van der Waals surface area contributed by atoms with Crippen LogP contribution in [0.15, 0.2) is 30.3 Å². The van der Waals surface area contributed by atoms with E-state index < -0.39 is 17.4 Å². The number of ether oxygens (including phenoxy) is 2. The van der Waals surface area contributed by atoms with Crippen molar-refractivity contribution in [1.29, 1.82) is 0 Å². The van der Waals surface area contributed by atoms with Crippen LogP contribution in [0.3, 0.4) is 0 Å². The van der Waals surface area contributed by atoms with E-state index in [1.807, 2.05) is 19.1 Å². The lowest BCUT2D eigenvalue weighted by molar-refractivity contribution is -0.146. The highest BCUT2D eigenvalue weighted by Crippen LogP contribution is 2.39. The van der Waals surface area contributed by atoms with Gasteiger partial charge in [-0.05, 0) is 36.8 Å². The fourth-order valence-corrected chi connectivity index (χ4v) is 3.14. The molecule has 0 saturated carbocycles. The van der Waals surface area contributed by atoms with E-state index in [1.54, 1.807) is 0 Å². The number of thiophene rings is 1. The molecule has 1 saturated heterocycles. The minimum absolute atomic E-state index is 0.523. The monoisotopic (exact) mass is 282 g/mol. The van der Waals surface area contributed by atoms with Crippen molar-refractivity contribution in [3.05, 3.63) is 46.8 Å². The highest BCUT2D eigenvalue weighted by Gasteiger charge is 2.34. The van der Waals surface area contributed by atoms with Gasteiger partial charge in [0.2, 0.25) is 5.79 Å². The third-order valence-corrected chi connectivity index (χ3v) is 4.36. The van der Waals surface area contributed by atoms with Gasteiger partial charge >= 0.3 is 0 Å². The maximum atomic E-state index is 13.2. The Bertz CT molecular complexity index is 583. The summed E-state index contributed by atoms with van der Waals surface area (Å²) < 4.78 is 37.6. The molecule has 2 heterocycles. The second-order valence-electron chi connectivity index (χ2n) is 4.46. The maximum absolute atomic E-state index is 13.2. The normalized spacial score (nSPS) is 17.8. The van der Waals surface area contributed by atoms with Gasteiger partial charge in [0.15, 0.2) is 0 Å². The van der Waals surface area contributed by atoms with Crippen molar-refractivity contribution >= 4 is 11.3 Å². The van der Waals surface area contributed by atoms with Gasteiger partial charge in [-0.1, -0.05) is 0 Å². The molecule has 2 aromatic rings. The topological polar surface area (TPSA) is 18.5 Å². The summed E-state index contributed by atoms with van der Waals surface area (Å²) in [5.74, 6) is -1.90. The molecule has 0 amide bonds. The van der Waals surface area contributed by atoms with Crippen LogP contribution in [0.25, 0.3) is 10.4 Å². The van der Waals surface area contributed by atoms with Crippen molar-refractivity contribution in [2.24, 2.45) is 0 Å². The van der Waals surface area contributed by atoms with Crippen LogP contribution < -0.4 is 0 Å². The molecule has 2 nitrogen and oxygen atoms in total. The lowest BCUT2D eigenvalue weighted by Crippen LogP contribution is -2.20. The average molecular weight is 282 g/mol. The molecule has 0 spiro atoms. The highest BCUT2D eigenvalue weighted by molar-refractivity contribution is 7.15. The molecule has 0 aliphatic carbocycles. The largest absolute Gasteiger partial charge is 0.343 e. The van der Waals surface area contributed by atoms with Gasteiger partial charge in [-0.25, -0.2) is 8.78 Å². The first kappa shape index (κ1) is 12.7. The van der Waals surface area contributed by atoms with Gasteiger partial charge in [0, 0.05) is 10.9 Å². The van der Waals surface area contributed by atoms with Gasteiger partial charge in [0.05, 0.1) is 18.1 Å². The Morgan fingerprint density at radius 2 is 1.68 bits per heavy atom. The number of hydrogen-bond donors (Lipinski definition) is 0. The molecule has 5 heteroatoms. The van der Waals surface area contributed by atoms with Crippen molar-refractivity contribution < 1.29 is 18.3 Å². The summed E-state index contributed by atoms with van der Waals surface area (Å²) in [7, 11) is 0. The Hall–Kier alpha value is -1.30. The van der Waals surface area contributed by atoms with E-state index in [-0.39, 0.29) is 0 Å². The van der Waals surface area contributed by atoms with E-state index in [4.69, 9.17) is 9.47 Å². The SMILES string of the molecule is CC1(c2ccc(-c3cc(F)cc(F)c3)s2)OCCO1. The van der Waals surface area contributed by atoms with E-state index in [0.717, 1.165) is 15.8 Å². The van der Waals surface area contributed by atoms with E-state index in [9.17, 15) is 8.78 Å². The minimum atomic E-state index is -0.741. The molecule has 1 aromatic carbocycles. The first-order valence-electron chi connectivity index (χ1n) is 5.91. The van der Waals surface area contributed by atoms with Crippen molar-refractivity contribution in [3.8, 4) is 10.4 Å². The van der Waals surface area contributed by atoms with Gasteiger partial charge in [-0.15, -0.1) is 11.3 Å². The summed E-state index contributed by atoms with van der Waals surface area (Å²) in [6, 6.07) is 7.19. The average Bonchev–Trinajstić information content (AvgIpc) is 2.96. The van der Waals surface area contributed by atoms with Gasteiger partial charge in [-0.3, -0.25) is 0 Å². The molecule has 1 aliphatic rings. The lowest BCUT2D eigenvalue weighted by atomic mass is 10.2. The Balaban J connectivity index is 1.96. The Kier molecular flexibility index (Phi) is 3.12. The van der Waals surface area contributed by atoms with Gasteiger partial charge < -0.3 is 9.47 Å². The lowest BCUT2D eigenvalue weighted by Gasteiger charge is -2.20. The second-order valence-corrected chi connectivity index (χ2v) is 5.55. The Morgan fingerprint density at radius 1 is 1.05 bits per heavy atom. The maximum Gasteiger partial charge on any atom is 0.201 e. The van der Waals surface area contributed by atoms with Crippen LogP contribution >= 0.6 is 11.3 Å². The summed E-state index contributed by atoms with van der Waals surface area (Å²) in [5, 5.41) is 0. The second kappa shape index (κ2) is 4.67. The molecule has 0 unspecified atom stereocenters. The summed E-state index contributed by atoms with van der Waals surface area (Å²) >= 11 is 1.42. The Morgan fingerprint density at radius 3 is 2.32 bits per heavy atom.